The molecule has 0 aliphatic heterocycles. The maximum atomic E-state index is 13.0. The van der Waals surface area contributed by atoms with Crippen LogP contribution in [0.5, 0.6) is 0 Å². The molecule has 4 nitrogen and oxygen atoms in total. The lowest BCUT2D eigenvalue weighted by Crippen LogP contribution is -2.15. The maximum absolute atomic E-state index is 13.0. The predicted octanol–water partition coefficient (Wildman–Crippen LogP) is 5.04. The molecule has 1 amide bonds. The number of rotatable bonds is 5. The summed E-state index contributed by atoms with van der Waals surface area (Å²) < 4.78 is 14.5. The zero-order valence-corrected chi connectivity index (χ0v) is 15.5. The van der Waals surface area contributed by atoms with Crippen LogP contribution in [-0.4, -0.2) is 15.7 Å². The van der Waals surface area contributed by atoms with Gasteiger partial charge in [0.25, 0.3) is 0 Å². The van der Waals surface area contributed by atoms with Gasteiger partial charge in [-0.25, -0.2) is 4.39 Å². The van der Waals surface area contributed by atoms with Crippen LogP contribution in [0.3, 0.4) is 0 Å². The third kappa shape index (κ3) is 4.06. The Bertz CT molecular complexity index is 956. The van der Waals surface area contributed by atoms with Crippen LogP contribution in [0, 0.1) is 0 Å². The summed E-state index contributed by atoms with van der Waals surface area (Å²) in [6.45, 7) is -0.708. The van der Waals surface area contributed by atoms with Gasteiger partial charge in [0.05, 0.1) is 12.1 Å². The molecule has 3 aromatic rings. The molecule has 3 rings (SSSR count). The van der Waals surface area contributed by atoms with Crippen molar-refractivity contribution in [3.63, 3.8) is 0 Å². The number of para-hydroxylation sites is 1. The number of alkyl halides is 1. The Morgan fingerprint density at radius 3 is 2.69 bits per heavy atom. The van der Waals surface area contributed by atoms with Gasteiger partial charge in [0, 0.05) is 45.7 Å². The summed E-state index contributed by atoms with van der Waals surface area (Å²) in [6.07, 6.45) is 1.69. The topological polar surface area (TPSA) is 46.9 Å². The second-order valence-corrected chi connectivity index (χ2v) is 6.65. The number of amides is 1. The third-order valence-corrected chi connectivity index (χ3v) is 4.44. The number of hydrogen-bond acceptors (Lipinski definition) is 2. The van der Waals surface area contributed by atoms with Crippen LogP contribution in [0.2, 0.25) is 10.0 Å². The summed E-state index contributed by atoms with van der Waals surface area (Å²) in [5.41, 5.74) is 3.00. The average molecular weight is 392 g/mol. The second-order valence-electron chi connectivity index (χ2n) is 5.80. The predicted molar refractivity (Wildman–Crippen MR) is 102 cm³/mol. The van der Waals surface area contributed by atoms with Gasteiger partial charge in [-0.15, -0.1) is 0 Å². The Labute approximate surface area is 160 Å². The molecule has 7 heteroatoms. The van der Waals surface area contributed by atoms with E-state index in [0.717, 1.165) is 11.1 Å². The number of aromatic nitrogens is 2. The second kappa shape index (κ2) is 7.89. The van der Waals surface area contributed by atoms with Gasteiger partial charge in [-0.3, -0.25) is 9.48 Å². The van der Waals surface area contributed by atoms with Gasteiger partial charge in [-0.05, 0) is 18.2 Å². The van der Waals surface area contributed by atoms with E-state index in [0.29, 0.717) is 21.3 Å². The molecule has 1 heterocycles. The van der Waals surface area contributed by atoms with E-state index in [1.165, 1.54) is 4.68 Å². The number of nitrogens with zero attached hydrogens (tertiary/aromatic N) is 2. The number of nitrogens with one attached hydrogen (secondary N) is 1. The van der Waals surface area contributed by atoms with Crippen molar-refractivity contribution in [2.75, 3.05) is 5.32 Å². The molecular formula is C19H16Cl2FN3O. The summed E-state index contributed by atoms with van der Waals surface area (Å²) in [5, 5.41) is 7.91. The highest BCUT2D eigenvalue weighted by molar-refractivity contribution is 6.36. The molecule has 0 radical (unpaired) electrons. The normalized spacial score (nSPS) is 10.8. The standard InChI is InChI=1S/C19H16Cl2FN3O/c1-25-11-12(18(10-22)24-25)8-19(26)23-17-5-3-2-4-15(17)14-7-6-13(20)9-16(14)21/h2-7,9,11H,8,10H2,1H3,(H,23,26). The lowest BCUT2D eigenvalue weighted by atomic mass is 10.0. The SMILES string of the molecule is Cn1cc(CC(=O)Nc2ccccc2-c2ccc(Cl)cc2Cl)c(CF)n1. The first-order chi connectivity index (χ1) is 12.5. The van der Waals surface area contributed by atoms with Gasteiger partial charge in [0.15, 0.2) is 0 Å². The quantitative estimate of drug-likeness (QED) is 0.661. The molecule has 0 aliphatic carbocycles. The minimum atomic E-state index is -0.708. The molecule has 0 spiro atoms. The van der Waals surface area contributed by atoms with E-state index in [1.54, 1.807) is 37.5 Å². The van der Waals surface area contributed by atoms with Gasteiger partial charge in [0.1, 0.15) is 6.67 Å². The highest BCUT2D eigenvalue weighted by Gasteiger charge is 2.15. The number of hydrogen-bond donors (Lipinski definition) is 1. The van der Waals surface area contributed by atoms with E-state index < -0.39 is 6.67 Å². The van der Waals surface area contributed by atoms with Crippen LogP contribution in [0.15, 0.2) is 48.7 Å². The maximum Gasteiger partial charge on any atom is 0.228 e. The molecular weight excluding hydrogens is 376 g/mol. The Kier molecular flexibility index (Phi) is 5.59. The molecule has 0 bridgehead atoms. The van der Waals surface area contributed by atoms with Gasteiger partial charge < -0.3 is 5.32 Å². The number of carbonyl (C=O) groups is 1. The van der Waals surface area contributed by atoms with E-state index >= 15 is 0 Å². The van der Waals surface area contributed by atoms with Crippen LogP contribution in [0.1, 0.15) is 11.3 Å². The zero-order valence-electron chi connectivity index (χ0n) is 14.0. The lowest BCUT2D eigenvalue weighted by Gasteiger charge is -2.12. The van der Waals surface area contributed by atoms with Crippen molar-refractivity contribution in [1.29, 1.82) is 0 Å². The number of anilines is 1. The van der Waals surface area contributed by atoms with Gasteiger partial charge >= 0.3 is 0 Å². The van der Waals surface area contributed by atoms with Crippen LogP contribution < -0.4 is 5.32 Å². The first-order valence-electron chi connectivity index (χ1n) is 7.89. The molecule has 2 aromatic carbocycles. The van der Waals surface area contributed by atoms with Crippen molar-refractivity contribution >= 4 is 34.8 Å². The fourth-order valence-electron chi connectivity index (χ4n) is 2.75. The fourth-order valence-corrected chi connectivity index (χ4v) is 3.26. The Balaban J connectivity index is 1.85. The number of aryl methyl sites for hydroxylation is 1. The number of benzene rings is 2. The molecule has 0 saturated heterocycles. The summed E-state index contributed by atoms with van der Waals surface area (Å²) in [6, 6.07) is 12.5. The third-order valence-electron chi connectivity index (χ3n) is 3.89. The highest BCUT2D eigenvalue weighted by Crippen LogP contribution is 2.34. The summed E-state index contributed by atoms with van der Waals surface area (Å²) in [7, 11) is 1.69. The molecule has 134 valence electrons. The minimum Gasteiger partial charge on any atom is -0.325 e. The first-order valence-corrected chi connectivity index (χ1v) is 8.65. The Morgan fingerprint density at radius 2 is 1.96 bits per heavy atom. The minimum absolute atomic E-state index is 0.0375. The van der Waals surface area contributed by atoms with Crippen molar-refractivity contribution in [2.45, 2.75) is 13.1 Å². The molecule has 0 unspecified atom stereocenters. The van der Waals surface area contributed by atoms with Gasteiger partial charge in [-0.1, -0.05) is 47.5 Å². The molecule has 0 aliphatic rings. The zero-order chi connectivity index (χ0) is 18.7. The van der Waals surface area contributed by atoms with Crippen LogP contribution in [-0.2, 0) is 24.9 Å². The van der Waals surface area contributed by atoms with E-state index in [9.17, 15) is 9.18 Å². The fraction of sp³-hybridized carbons (Fsp3) is 0.158. The lowest BCUT2D eigenvalue weighted by molar-refractivity contribution is -0.115. The van der Waals surface area contributed by atoms with Crippen molar-refractivity contribution in [2.24, 2.45) is 7.05 Å². The molecule has 0 atom stereocenters. The van der Waals surface area contributed by atoms with Crippen molar-refractivity contribution in [1.82, 2.24) is 9.78 Å². The van der Waals surface area contributed by atoms with Crippen LogP contribution in [0.25, 0.3) is 11.1 Å². The Morgan fingerprint density at radius 1 is 1.19 bits per heavy atom. The molecule has 0 fully saturated rings. The first kappa shape index (κ1) is 18.4. The van der Waals surface area contributed by atoms with Gasteiger partial charge in [0.2, 0.25) is 5.91 Å². The van der Waals surface area contributed by atoms with E-state index in [-0.39, 0.29) is 18.0 Å². The molecule has 1 aromatic heterocycles. The number of halogens is 3. The molecule has 1 N–H and O–H groups in total. The van der Waals surface area contributed by atoms with E-state index in [1.807, 2.05) is 18.2 Å². The van der Waals surface area contributed by atoms with E-state index in [2.05, 4.69) is 10.4 Å². The van der Waals surface area contributed by atoms with Crippen molar-refractivity contribution in [3.8, 4) is 11.1 Å². The van der Waals surface area contributed by atoms with E-state index in [4.69, 9.17) is 23.2 Å². The smallest absolute Gasteiger partial charge is 0.228 e. The van der Waals surface area contributed by atoms with Crippen molar-refractivity contribution < 1.29 is 9.18 Å². The monoisotopic (exact) mass is 391 g/mol. The van der Waals surface area contributed by atoms with Crippen LogP contribution in [0.4, 0.5) is 10.1 Å². The average Bonchev–Trinajstić information content (AvgIpc) is 2.95. The van der Waals surface area contributed by atoms with Gasteiger partial charge in [-0.2, -0.15) is 5.10 Å². The number of carbonyl (C=O) groups excluding carboxylic acids is 1. The molecule has 26 heavy (non-hydrogen) atoms. The largest absolute Gasteiger partial charge is 0.325 e. The highest BCUT2D eigenvalue weighted by atomic mass is 35.5. The summed E-state index contributed by atoms with van der Waals surface area (Å²) in [4.78, 5) is 12.5. The summed E-state index contributed by atoms with van der Waals surface area (Å²) in [5.74, 6) is -0.259. The summed E-state index contributed by atoms with van der Waals surface area (Å²) >= 11 is 12.3. The molecule has 0 saturated carbocycles. The van der Waals surface area contributed by atoms with Crippen molar-refractivity contribution in [3.05, 3.63) is 70.0 Å². The van der Waals surface area contributed by atoms with Crippen LogP contribution >= 0.6 is 23.2 Å². The Hall–Kier alpha value is -2.37.